The zero-order chi connectivity index (χ0) is 12.9. The molecule has 0 spiro atoms. The highest BCUT2D eigenvalue weighted by molar-refractivity contribution is 9.10. The number of ether oxygens (including phenoxy) is 1. The van der Waals surface area contributed by atoms with E-state index in [0.29, 0.717) is 12.2 Å². The molecule has 5 heteroatoms. The van der Waals surface area contributed by atoms with Crippen LogP contribution in [0.15, 0.2) is 22.8 Å². The van der Waals surface area contributed by atoms with Crippen molar-refractivity contribution in [3.63, 3.8) is 0 Å². The van der Waals surface area contributed by atoms with Crippen molar-refractivity contribution in [3.05, 3.63) is 22.8 Å². The highest BCUT2D eigenvalue weighted by atomic mass is 79.9. The van der Waals surface area contributed by atoms with E-state index < -0.39 is 5.54 Å². The van der Waals surface area contributed by atoms with E-state index in [1.807, 2.05) is 26.0 Å². The number of carbonyl (C=O) groups is 1. The molecular weight excluding hydrogens is 284 g/mol. The SMILES string of the molecule is CCCC(C)(Nc1ccc(Br)cn1)C(=O)OC. The quantitative estimate of drug-likeness (QED) is 0.849. The Morgan fingerprint density at radius 1 is 1.59 bits per heavy atom. The third-order valence-electron chi connectivity index (χ3n) is 2.52. The number of nitrogens with one attached hydrogen (secondary N) is 1. The van der Waals surface area contributed by atoms with Gasteiger partial charge in [-0.05, 0) is 41.4 Å². The monoisotopic (exact) mass is 300 g/mol. The Morgan fingerprint density at radius 3 is 2.76 bits per heavy atom. The van der Waals surface area contributed by atoms with Gasteiger partial charge in [0.15, 0.2) is 0 Å². The van der Waals surface area contributed by atoms with E-state index in [2.05, 4.69) is 26.2 Å². The number of hydrogen-bond donors (Lipinski definition) is 1. The van der Waals surface area contributed by atoms with Crippen molar-refractivity contribution in [2.75, 3.05) is 12.4 Å². The Hall–Kier alpha value is -1.10. The van der Waals surface area contributed by atoms with Gasteiger partial charge in [0.2, 0.25) is 0 Å². The molecule has 0 fully saturated rings. The second kappa shape index (κ2) is 6.00. The van der Waals surface area contributed by atoms with Crippen molar-refractivity contribution in [2.45, 2.75) is 32.2 Å². The van der Waals surface area contributed by atoms with Crippen molar-refractivity contribution in [1.82, 2.24) is 4.98 Å². The number of esters is 1. The number of rotatable bonds is 5. The van der Waals surface area contributed by atoms with Crippen LogP contribution in [-0.2, 0) is 9.53 Å². The molecule has 94 valence electrons. The first-order valence-corrected chi connectivity index (χ1v) is 6.29. The minimum Gasteiger partial charge on any atom is -0.467 e. The number of nitrogens with zero attached hydrogens (tertiary/aromatic N) is 1. The van der Waals surface area contributed by atoms with Gasteiger partial charge in [0, 0.05) is 10.7 Å². The summed E-state index contributed by atoms with van der Waals surface area (Å²) in [6.07, 6.45) is 3.26. The first-order chi connectivity index (χ1) is 8.01. The van der Waals surface area contributed by atoms with Crippen molar-refractivity contribution >= 4 is 27.7 Å². The van der Waals surface area contributed by atoms with Gasteiger partial charge in [-0.2, -0.15) is 0 Å². The normalized spacial score (nSPS) is 13.9. The Kier molecular flexibility index (Phi) is 4.93. The molecule has 1 unspecified atom stereocenters. The van der Waals surface area contributed by atoms with Crippen molar-refractivity contribution in [3.8, 4) is 0 Å². The minimum absolute atomic E-state index is 0.274. The number of aromatic nitrogens is 1. The van der Waals surface area contributed by atoms with Gasteiger partial charge in [0.1, 0.15) is 11.4 Å². The van der Waals surface area contributed by atoms with Crippen LogP contribution in [0.3, 0.4) is 0 Å². The van der Waals surface area contributed by atoms with Gasteiger partial charge < -0.3 is 10.1 Å². The van der Waals surface area contributed by atoms with Gasteiger partial charge >= 0.3 is 5.97 Å². The molecule has 0 aliphatic carbocycles. The summed E-state index contributed by atoms with van der Waals surface area (Å²) in [6.45, 7) is 3.85. The van der Waals surface area contributed by atoms with Gasteiger partial charge in [-0.1, -0.05) is 13.3 Å². The zero-order valence-corrected chi connectivity index (χ0v) is 11.9. The van der Waals surface area contributed by atoms with E-state index in [-0.39, 0.29) is 5.97 Å². The van der Waals surface area contributed by atoms with E-state index in [1.165, 1.54) is 7.11 Å². The maximum atomic E-state index is 11.8. The molecule has 1 aromatic heterocycles. The van der Waals surface area contributed by atoms with E-state index in [9.17, 15) is 4.79 Å². The second-order valence-corrected chi connectivity index (χ2v) is 4.98. The maximum absolute atomic E-state index is 11.8. The average molecular weight is 301 g/mol. The standard InChI is InChI=1S/C12H17BrN2O2/c1-4-7-12(2,11(16)17-3)15-10-6-5-9(13)8-14-10/h5-6,8H,4,7H2,1-3H3,(H,14,15). The summed E-state index contributed by atoms with van der Waals surface area (Å²) in [6, 6.07) is 3.69. The van der Waals surface area contributed by atoms with Crippen LogP contribution < -0.4 is 5.32 Å². The van der Waals surface area contributed by atoms with Crippen molar-refractivity contribution < 1.29 is 9.53 Å². The molecule has 0 aliphatic heterocycles. The molecule has 1 aromatic rings. The Bertz CT molecular complexity index is 381. The molecule has 0 amide bonds. The lowest BCUT2D eigenvalue weighted by molar-refractivity contribution is -0.145. The first kappa shape index (κ1) is 14.0. The molecule has 0 aromatic carbocycles. The molecule has 0 saturated heterocycles. The van der Waals surface area contributed by atoms with Gasteiger partial charge in [0.05, 0.1) is 7.11 Å². The fourth-order valence-corrected chi connectivity index (χ4v) is 1.91. The van der Waals surface area contributed by atoms with Crippen LogP contribution >= 0.6 is 15.9 Å². The number of hydrogen-bond acceptors (Lipinski definition) is 4. The van der Waals surface area contributed by atoms with E-state index in [0.717, 1.165) is 10.9 Å². The van der Waals surface area contributed by atoms with Crippen LogP contribution in [0.25, 0.3) is 0 Å². The molecule has 1 rings (SSSR count). The van der Waals surface area contributed by atoms with Gasteiger partial charge in [-0.15, -0.1) is 0 Å². The van der Waals surface area contributed by atoms with Crippen LogP contribution in [0, 0.1) is 0 Å². The largest absolute Gasteiger partial charge is 0.467 e. The first-order valence-electron chi connectivity index (χ1n) is 5.50. The Morgan fingerprint density at radius 2 is 2.29 bits per heavy atom. The molecule has 4 nitrogen and oxygen atoms in total. The molecule has 0 bridgehead atoms. The molecule has 0 radical (unpaired) electrons. The van der Waals surface area contributed by atoms with Crippen LogP contribution in [0.2, 0.25) is 0 Å². The summed E-state index contributed by atoms with van der Waals surface area (Å²) >= 11 is 3.32. The zero-order valence-electron chi connectivity index (χ0n) is 10.3. The van der Waals surface area contributed by atoms with Crippen molar-refractivity contribution in [1.29, 1.82) is 0 Å². The highest BCUT2D eigenvalue weighted by Crippen LogP contribution is 2.21. The topological polar surface area (TPSA) is 51.2 Å². The fourth-order valence-electron chi connectivity index (χ4n) is 1.67. The number of anilines is 1. The Labute approximate surface area is 110 Å². The molecule has 0 aliphatic rings. The molecule has 1 heterocycles. The number of halogens is 1. The lowest BCUT2D eigenvalue weighted by Gasteiger charge is -2.28. The smallest absolute Gasteiger partial charge is 0.331 e. The molecule has 17 heavy (non-hydrogen) atoms. The fraction of sp³-hybridized carbons (Fsp3) is 0.500. The van der Waals surface area contributed by atoms with E-state index >= 15 is 0 Å². The second-order valence-electron chi connectivity index (χ2n) is 4.06. The molecule has 1 atom stereocenters. The number of methoxy groups -OCH3 is 1. The van der Waals surface area contributed by atoms with Crippen molar-refractivity contribution in [2.24, 2.45) is 0 Å². The molecule has 1 N–H and O–H groups in total. The Balaban J connectivity index is 2.86. The summed E-state index contributed by atoms with van der Waals surface area (Å²) in [7, 11) is 1.40. The third-order valence-corrected chi connectivity index (χ3v) is 2.99. The molecular formula is C12H17BrN2O2. The summed E-state index contributed by atoms with van der Waals surface area (Å²) in [4.78, 5) is 16.0. The summed E-state index contributed by atoms with van der Waals surface area (Å²) in [5.74, 6) is 0.388. The average Bonchev–Trinajstić information content (AvgIpc) is 2.31. The summed E-state index contributed by atoms with van der Waals surface area (Å²) in [5.41, 5.74) is -0.732. The van der Waals surface area contributed by atoms with Crippen LogP contribution in [-0.4, -0.2) is 23.6 Å². The predicted molar refractivity (Wildman–Crippen MR) is 70.9 cm³/mol. The van der Waals surface area contributed by atoms with Gasteiger partial charge in [-0.3, -0.25) is 0 Å². The highest BCUT2D eigenvalue weighted by Gasteiger charge is 2.33. The lowest BCUT2D eigenvalue weighted by atomic mass is 9.96. The summed E-state index contributed by atoms with van der Waals surface area (Å²) < 4.78 is 5.73. The number of carbonyl (C=O) groups excluding carboxylic acids is 1. The lowest BCUT2D eigenvalue weighted by Crippen LogP contribution is -2.44. The predicted octanol–water partition coefficient (Wildman–Crippen LogP) is 2.99. The molecule has 0 saturated carbocycles. The third kappa shape index (κ3) is 3.70. The van der Waals surface area contributed by atoms with Crippen LogP contribution in [0.5, 0.6) is 0 Å². The number of pyridine rings is 1. The van der Waals surface area contributed by atoms with E-state index in [4.69, 9.17) is 4.74 Å². The van der Waals surface area contributed by atoms with Gasteiger partial charge in [-0.25, -0.2) is 9.78 Å². The van der Waals surface area contributed by atoms with Crippen LogP contribution in [0.1, 0.15) is 26.7 Å². The maximum Gasteiger partial charge on any atom is 0.331 e. The van der Waals surface area contributed by atoms with Gasteiger partial charge in [0.25, 0.3) is 0 Å². The summed E-state index contributed by atoms with van der Waals surface area (Å²) in [5, 5.41) is 3.13. The van der Waals surface area contributed by atoms with Crippen LogP contribution in [0.4, 0.5) is 5.82 Å². The van der Waals surface area contributed by atoms with E-state index in [1.54, 1.807) is 6.20 Å². The minimum atomic E-state index is -0.732.